The summed E-state index contributed by atoms with van der Waals surface area (Å²) in [6.07, 6.45) is 1.88. The van der Waals surface area contributed by atoms with Crippen LogP contribution in [0.1, 0.15) is 44.0 Å². The Morgan fingerprint density at radius 1 is 1.31 bits per heavy atom. The van der Waals surface area contributed by atoms with E-state index in [1.165, 1.54) is 16.4 Å². The van der Waals surface area contributed by atoms with E-state index in [1.54, 1.807) is 19.2 Å². The van der Waals surface area contributed by atoms with Crippen LogP contribution in [0.4, 0.5) is 0 Å². The van der Waals surface area contributed by atoms with Crippen molar-refractivity contribution in [3.63, 3.8) is 0 Å². The van der Waals surface area contributed by atoms with Crippen molar-refractivity contribution in [2.45, 2.75) is 50.6 Å². The molecule has 8 heteroatoms. The van der Waals surface area contributed by atoms with E-state index >= 15 is 0 Å². The Morgan fingerprint density at radius 3 is 2.38 bits per heavy atom. The third-order valence-corrected chi connectivity index (χ3v) is 7.06. The molecule has 1 aromatic carbocycles. The number of carbonyl (C=O) groups is 1. The number of rotatable bonds is 5. The third kappa shape index (κ3) is 4.76. The van der Waals surface area contributed by atoms with Gasteiger partial charge < -0.3 is 10.6 Å². The Hall–Kier alpha value is -1.15. The molecule has 26 heavy (non-hydrogen) atoms. The van der Waals surface area contributed by atoms with Crippen molar-refractivity contribution in [3.05, 3.63) is 29.8 Å². The zero-order valence-corrected chi connectivity index (χ0v) is 17.5. The van der Waals surface area contributed by atoms with E-state index in [0.29, 0.717) is 24.6 Å². The summed E-state index contributed by atoms with van der Waals surface area (Å²) >= 11 is 0. The molecule has 2 unspecified atom stereocenters. The minimum absolute atomic E-state index is 0. The molecule has 0 spiro atoms. The summed E-state index contributed by atoms with van der Waals surface area (Å²) in [4.78, 5) is 14.8. The molecule has 1 heterocycles. The van der Waals surface area contributed by atoms with Crippen molar-refractivity contribution in [1.82, 2.24) is 9.21 Å². The summed E-state index contributed by atoms with van der Waals surface area (Å²) in [7, 11) is -1.98. The first kappa shape index (κ1) is 22.9. The molecule has 2 rings (SSSR count). The molecule has 1 fully saturated rings. The predicted octanol–water partition coefficient (Wildman–Crippen LogP) is 2.34. The molecule has 1 amide bonds. The molecule has 1 saturated heterocycles. The van der Waals surface area contributed by atoms with Gasteiger partial charge in [0.1, 0.15) is 0 Å². The molecule has 2 N–H and O–H groups in total. The molecule has 6 nitrogen and oxygen atoms in total. The highest BCUT2D eigenvalue weighted by molar-refractivity contribution is 7.89. The van der Waals surface area contributed by atoms with Crippen molar-refractivity contribution in [3.8, 4) is 0 Å². The topological polar surface area (TPSA) is 83.7 Å². The van der Waals surface area contributed by atoms with Crippen LogP contribution in [0.15, 0.2) is 29.2 Å². The quantitative estimate of drug-likeness (QED) is 0.817. The van der Waals surface area contributed by atoms with Gasteiger partial charge in [0.25, 0.3) is 5.91 Å². The number of likely N-dealkylation sites (tertiary alicyclic amines) is 1. The highest BCUT2D eigenvalue weighted by atomic mass is 35.5. The van der Waals surface area contributed by atoms with Crippen molar-refractivity contribution in [1.29, 1.82) is 0 Å². The van der Waals surface area contributed by atoms with Gasteiger partial charge in [0.15, 0.2) is 0 Å². The molecule has 1 aromatic rings. The Kier molecular flexibility index (Phi) is 8.07. The van der Waals surface area contributed by atoms with Crippen molar-refractivity contribution >= 4 is 28.3 Å². The highest BCUT2D eigenvalue weighted by Crippen LogP contribution is 2.24. The van der Waals surface area contributed by atoms with Crippen LogP contribution in [-0.4, -0.2) is 55.8 Å². The minimum Gasteiger partial charge on any atom is -0.334 e. The van der Waals surface area contributed by atoms with Crippen LogP contribution in [0.25, 0.3) is 0 Å². The normalized spacial score (nSPS) is 21.0. The summed E-state index contributed by atoms with van der Waals surface area (Å²) in [5.41, 5.74) is 6.34. The molecule has 0 bridgehead atoms. The summed E-state index contributed by atoms with van der Waals surface area (Å²) in [6, 6.07) is 6.11. The average Bonchev–Trinajstić information content (AvgIpc) is 2.60. The second-order valence-electron chi connectivity index (χ2n) is 7.16. The lowest BCUT2D eigenvalue weighted by atomic mass is 9.92. The summed E-state index contributed by atoms with van der Waals surface area (Å²) < 4.78 is 26.3. The highest BCUT2D eigenvalue weighted by Gasteiger charge is 2.30. The van der Waals surface area contributed by atoms with Gasteiger partial charge in [0, 0.05) is 37.8 Å². The zero-order valence-electron chi connectivity index (χ0n) is 15.9. The van der Waals surface area contributed by atoms with Crippen LogP contribution in [0.5, 0.6) is 0 Å². The van der Waals surface area contributed by atoms with Crippen LogP contribution in [0.2, 0.25) is 0 Å². The van der Waals surface area contributed by atoms with E-state index in [9.17, 15) is 13.2 Å². The van der Waals surface area contributed by atoms with Gasteiger partial charge in [-0.3, -0.25) is 4.79 Å². The molecule has 1 aliphatic heterocycles. The van der Waals surface area contributed by atoms with E-state index in [1.807, 2.05) is 18.7 Å². The first-order valence-electron chi connectivity index (χ1n) is 8.77. The summed E-state index contributed by atoms with van der Waals surface area (Å²) in [6.45, 7) is 6.95. The van der Waals surface area contributed by atoms with Gasteiger partial charge in [-0.25, -0.2) is 8.42 Å². The van der Waals surface area contributed by atoms with Gasteiger partial charge in [0.05, 0.1) is 4.90 Å². The largest absolute Gasteiger partial charge is 0.334 e. The molecule has 0 aliphatic carbocycles. The number of nitrogens with two attached hydrogens (primary N) is 1. The monoisotopic (exact) mass is 403 g/mol. The number of carbonyl (C=O) groups excluding carboxylic acids is 1. The van der Waals surface area contributed by atoms with E-state index in [-0.39, 0.29) is 35.3 Å². The van der Waals surface area contributed by atoms with Gasteiger partial charge in [-0.05, 0) is 56.9 Å². The number of nitrogens with zero attached hydrogens (tertiary/aromatic N) is 2. The van der Waals surface area contributed by atoms with Crippen LogP contribution >= 0.6 is 12.4 Å². The van der Waals surface area contributed by atoms with Gasteiger partial charge >= 0.3 is 0 Å². The first-order chi connectivity index (χ1) is 11.7. The van der Waals surface area contributed by atoms with Crippen molar-refractivity contribution in [2.24, 2.45) is 11.7 Å². The Bertz CT molecular complexity index is 707. The van der Waals surface area contributed by atoms with E-state index in [4.69, 9.17) is 5.73 Å². The van der Waals surface area contributed by atoms with Gasteiger partial charge in [-0.15, -0.1) is 12.4 Å². The predicted molar refractivity (Wildman–Crippen MR) is 106 cm³/mol. The molecular formula is C18H30ClN3O3S. The maximum Gasteiger partial charge on any atom is 0.254 e. The molecule has 148 valence electrons. The Morgan fingerprint density at radius 2 is 1.88 bits per heavy atom. The summed E-state index contributed by atoms with van der Waals surface area (Å²) in [5, 5.41) is 0. The van der Waals surface area contributed by atoms with Crippen LogP contribution < -0.4 is 5.73 Å². The first-order valence-corrected chi connectivity index (χ1v) is 10.2. The Balaban J connectivity index is 0.00000338. The van der Waals surface area contributed by atoms with E-state index in [0.717, 1.165) is 12.8 Å². The number of piperidine rings is 1. The number of hydrogen-bond acceptors (Lipinski definition) is 4. The van der Waals surface area contributed by atoms with Crippen LogP contribution in [0.3, 0.4) is 0 Å². The molecule has 2 atom stereocenters. The minimum atomic E-state index is -3.54. The molecule has 1 aliphatic rings. The number of sulfonamides is 1. The lowest BCUT2D eigenvalue weighted by Gasteiger charge is -2.38. The smallest absolute Gasteiger partial charge is 0.254 e. The van der Waals surface area contributed by atoms with Crippen LogP contribution in [-0.2, 0) is 10.0 Å². The van der Waals surface area contributed by atoms with Crippen molar-refractivity contribution in [2.75, 3.05) is 20.1 Å². The number of hydrogen-bond donors (Lipinski definition) is 1. The molecular weight excluding hydrogens is 374 g/mol. The lowest BCUT2D eigenvalue weighted by molar-refractivity contribution is 0.0573. The molecule has 0 saturated carbocycles. The number of benzene rings is 1. The standard InChI is InChI=1S/C18H29N3O3S.ClH/c1-13(2)20(4)25(23,24)17-7-5-15(6-8-17)18(22)21-10-9-14(3)11-16(21)12-19;/h5-8,13-14,16H,9-12,19H2,1-4H3;1H. The van der Waals surface area contributed by atoms with Crippen molar-refractivity contribution < 1.29 is 13.2 Å². The summed E-state index contributed by atoms with van der Waals surface area (Å²) in [5.74, 6) is 0.486. The zero-order chi connectivity index (χ0) is 18.8. The average molecular weight is 404 g/mol. The second-order valence-corrected chi connectivity index (χ2v) is 9.15. The fourth-order valence-electron chi connectivity index (χ4n) is 3.12. The fraction of sp³-hybridized carbons (Fsp3) is 0.611. The fourth-order valence-corrected chi connectivity index (χ4v) is 4.49. The third-order valence-electron chi connectivity index (χ3n) is 5.02. The maximum absolute atomic E-state index is 12.8. The lowest BCUT2D eigenvalue weighted by Crippen LogP contribution is -2.49. The van der Waals surface area contributed by atoms with E-state index < -0.39 is 10.0 Å². The maximum atomic E-state index is 12.8. The second kappa shape index (κ2) is 9.17. The molecule has 0 radical (unpaired) electrons. The molecule has 0 aromatic heterocycles. The number of amides is 1. The SMILES string of the molecule is CC1CCN(C(=O)c2ccc(S(=O)(=O)N(C)C(C)C)cc2)C(CN)C1.Cl. The van der Waals surface area contributed by atoms with Gasteiger partial charge in [0.2, 0.25) is 10.0 Å². The van der Waals surface area contributed by atoms with E-state index in [2.05, 4.69) is 6.92 Å². The van der Waals surface area contributed by atoms with Crippen LogP contribution in [0, 0.1) is 5.92 Å². The number of halogens is 1. The van der Waals surface area contributed by atoms with Gasteiger partial charge in [-0.2, -0.15) is 4.31 Å². The van der Waals surface area contributed by atoms with Gasteiger partial charge in [-0.1, -0.05) is 6.92 Å². The Labute approximate surface area is 163 Å².